The predicted octanol–water partition coefficient (Wildman–Crippen LogP) is 7.88. The number of hydrogen-bond donors (Lipinski definition) is 0. The molecule has 144 valence electrons. The van der Waals surface area contributed by atoms with Crippen LogP contribution < -0.4 is 0 Å². The Hall–Kier alpha value is -0.260. The molecule has 0 heterocycles. The predicted molar refractivity (Wildman–Crippen MR) is 111 cm³/mol. The molecule has 3 saturated carbocycles. The first-order valence-corrected chi connectivity index (χ1v) is 11.7. The molecule has 0 amide bonds. The molecule has 0 saturated heterocycles. The minimum Gasteiger partial charge on any atom is -0.103 e. The number of rotatable bonds is 5. The fourth-order valence-corrected chi connectivity index (χ4v) is 6.99. The summed E-state index contributed by atoms with van der Waals surface area (Å²) < 4.78 is 0. The third-order valence-electron chi connectivity index (χ3n) is 8.96. The van der Waals surface area contributed by atoms with Crippen molar-refractivity contribution in [2.24, 2.45) is 47.3 Å². The van der Waals surface area contributed by atoms with Gasteiger partial charge in [0.25, 0.3) is 0 Å². The van der Waals surface area contributed by atoms with Crippen LogP contribution in [0.15, 0.2) is 12.7 Å². The van der Waals surface area contributed by atoms with Crippen molar-refractivity contribution in [3.05, 3.63) is 12.7 Å². The Balaban J connectivity index is 1.50. The summed E-state index contributed by atoms with van der Waals surface area (Å²) in [7, 11) is 0. The van der Waals surface area contributed by atoms with Gasteiger partial charge in [-0.15, -0.1) is 6.58 Å². The minimum absolute atomic E-state index is 0.966. The van der Waals surface area contributed by atoms with E-state index in [1.54, 1.807) is 12.8 Å². The minimum atomic E-state index is 0.966. The third kappa shape index (κ3) is 4.72. The maximum Gasteiger partial charge on any atom is -0.0351 e. The molecule has 0 bridgehead atoms. The van der Waals surface area contributed by atoms with Gasteiger partial charge in [-0.2, -0.15) is 0 Å². The van der Waals surface area contributed by atoms with E-state index in [0.717, 1.165) is 47.3 Å². The van der Waals surface area contributed by atoms with Gasteiger partial charge in [-0.25, -0.2) is 0 Å². The van der Waals surface area contributed by atoms with E-state index >= 15 is 0 Å². The van der Waals surface area contributed by atoms with Crippen LogP contribution in [0.2, 0.25) is 0 Å². The van der Waals surface area contributed by atoms with Gasteiger partial charge in [0, 0.05) is 0 Å². The highest BCUT2D eigenvalue weighted by Crippen LogP contribution is 2.51. The Kier molecular flexibility index (Phi) is 7.09. The van der Waals surface area contributed by atoms with Crippen LogP contribution in [0.4, 0.5) is 0 Å². The molecule has 0 aliphatic heterocycles. The van der Waals surface area contributed by atoms with Crippen molar-refractivity contribution in [1.82, 2.24) is 0 Å². The van der Waals surface area contributed by atoms with E-state index < -0.39 is 0 Å². The smallest absolute Gasteiger partial charge is 0.0351 e. The van der Waals surface area contributed by atoms with Crippen LogP contribution in [0.5, 0.6) is 0 Å². The molecule has 4 unspecified atom stereocenters. The van der Waals surface area contributed by atoms with Crippen LogP contribution in [0.25, 0.3) is 0 Å². The molecule has 4 atom stereocenters. The zero-order valence-electron chi connectivity index (χ0n) is 17.4. The van der Waals surface area contributed by atoms with E-state index in [1.165, 1.54) is 64.2 Å². The molecule has 3 aliphatic carbocycles. The van der Waals surface area contributed by atoms with E-state index in [9.17, 15) is 0 Å². The summed E-state index contributed by atoms with van der Waals surface area (Å²) in [5.74, 6) is 8.12. The van der Waals surface area contributed by atoms with Gasteiger partial charge in [-0.3, -0.25) is 0 Å². The quantitative estimate of drug-likeness (QED) is 0.445. The Morgan fingerprint density at radius 1 is 0.680 bits per heavy atom. The summed E-state index contributed by atoms with van der Waals surface area (Å²) in [6, 6.07) is 0. The van der Waals surface area contributed by atoms with Gasteiger partial charge in [0.05, 0.1) is 0 Å². The second kappa shape index (κ2) is 9.09. The molecule has 0 nitrogen and oxygen atoms in total. The highest BCUT2D eigenvalue weighted by Gasteiger charge is 2.41. The van der Waals surface area contributed by atoms with Gasteiger partial charge in [0.15, 0.2) is 0 Å². The summed E-state index contributed by atoms with van der Waals surface area (Å²) in [6.45, 7) is 11.6. The van der Waals surface area contributed by atoms with E-state index in [-0.39, 0.29) is 0 Å². The lowest BCUT2D eigenvalue weighted by Crippen LogP contribution is -2.39. The van der Waals surface area contributed by atoms with Crippen LogP contribution in [0.1, 0.15) is 97.8 Å². The van der Waals surface area contributed by atoms with Crippen LogP contribution in [0.3, 0.4) is 0 Å². The maximum atomic E-state index is 3.90. The molecule has 0 radical (unpaired) electrons. The molecule has 0 N–H and O–H groups in total. The van der Waals surface area contributed by atoms with Crippen molar-refractivity contribution in [1.29, 1.82) is 0 Å². The fourth-order valence-electron chi connectivity index (χ4n) is 6.99. The topological polar surface area (TPSA) is 0 Å². The lowest BCUT2D eigenvalue weighted by molar-refractivity contribution is 0.0164. The Labute approximate surface area is 158 Å². The summed E-state index contributed by atoms with van der Waals surface area (Å²) >= 11 is 0. The van der Waals surface area contributed by atoms with E-state index in [4.69, 9.17) is 0 Å². The molecule has 0 aromatic rings. The van der Waals surface area contributed by atoms with Crippen molar-refractivity contribution in [2.45, 2.75) is 97.8 Å². The summed E-state index contributed by atoms with van der Waals surface area (Å²) in [5.41, 5.74) is 0. The van der Waals surface area contributed by atoms with E-state index in [2.05, 4.69) is 33.4 Å². The number of allylic oxidation sites excluding steroid dienone is 1. The number of hydrogen-bond acceptors (Lipinski definition) is 0. The zero-order chi connectivity index (χ0) is 17.8. The molecule has 0 aromatic heterocycles. The van der Waals surface area contributed by atoms with E-state index in [0.29, 0.717) is 0 Å². The van der Waals surface area contributed by atoms with Crippen LogP contribution in [-0.2, 0) is 0 Å². The molecule has 3 fully saturated rings. The molecule has 0 spiro atoms. The first-order chi connectivity index (χ1) is 12.1. The highest BCUT2D eigenvalue weighted by molar-refractivity contribution is 4.91. The maximum absolute atomic E-state index is 3.90. The van der Waals surface area contributed by atoms with Gasteiger partial charge in [0.2, 0.25) is 0 Å². The van der Waals surface area contributed by atoms with Gasteiger partial charge >= 0.3 is 0 Å². The van der Waals surface area contributed by atoms with Gasteiger partial charge in [0.1, 0.15) is 0 Å². The van der Waals surface area contributed by atoms with Gasteiger partial charge in [-0.1, -0.05) is 52.5 Å². The fraction of sp³-hybridized carbons (Fsp3) is 0.920. The molecular weight excluding hydrogens is 300 g/mol. The molecule has 0 aromatic carbocycles. The van der Waals surface area contributed by atoms with E-state index in [1.807, 2.05) is 0 Å². The van der Waals surface area contributed by atoms with Crippen molar-refractivity contribution in [3.63, 3.8) is 0 Å². The van der Waals surface area contributed by atoms with Crippen molar-refractivity contribution < 1.29 is 0 Å². The summed E-state index contributed by atoms with van der Waals surface area (Å²) in [4.78, 5) is 0. The first kappa shape index (κ1) is 19.5. The highest BCUT2D eigenvalue weighted by atomic mass is 14.5. The molecule has 0 heteroatoms. The monoisotopic (exact) mass is 344 g/mol. The average Bonchev–Trinajstić information content (AvgIpc) is 2.64. The molecule has 25 heavy (non-hydrogen) atoms. The van der Waals surface area contributed by atoms with Crippen molar-refractivity contribution >= 4 is 0 Å². The molecule has 3 aliphatic rings. The molecular formula is C25H44. The lowest BCUT2D eigenvalue weighted by atomic mass is 9.57. The van der Waals surface area contributed by atoms with Gasteiger partial charge in [-0.05, 0) is 98.7 Å². The molecule has 3 rings (SSSR count). The lowest BCUT2D eigenvalue weighted by Gasteiger charge is -2.48. The van der Waals surface area contributed by atoms with Crippen molar-refractivity contribution in [3.8, 4) is 0 Å². The van der Waals surface area contributed by atoms with Crippen LogP contribution in [0, 0.1) is 47.3 Å². The van der Waals surface area contributed by atoms with Crippen LogP contribution >= 0.6 is 0 Å². The second-order valence-electron chi connectivity index (χ2n) is 10.3. The normalized spacial score (nSPS) is 45.9. The summed E-state index contributed by atoms with van der Waals surface area (Å²) in [5, 5.41) is 0. The third-order valence-corrected chi connectivity index (χ3v) is 8.96. The average molecular weight is 345 g/mol. The SMILES string of the molecule is C=CCCC1CCC(C2CCC(C3CCC(C)CC3)C(C)C2C)CC1. The Morgan fingerprint density at radius 3 is 1.64 bits per heavy atom. The Morgan fingerprint density at radius 2 is 1.16 bits per heavy atom. The largest absolute Gasteiger partial charge is 0.103 e. The standard InChI is InChI=1S/C25H44/c1-5-6-7-21-10-14-23(15-11-21)25-17-16-24(19(3)20(25)4)22-12-8-18(2)9-13-22/h5,18-25H,1,6-17H2,2-4H3. The van der Waals surface area contributed by atoms with Gasteiger partial charge < -0.3 is 0 Å². The van der Waals surface area contributed by atoms with Crippen LogP contribution in [-0.4, -0.2) is 0 Å². The Bertz CT molecular complexity index is 394. The second-order valence-corrected chi connectivity index (χ2v) is 10.3. The zero-order valence-corrected chi connectivity index (χ0v) is 17.4. The first-order valence-electron chi connectivity index (χ1n) is 11.7. The summed E-state index contributed by atoms with van der Waals surface area (Å²) in [6.07, 6.45) is 19.9. The van der Waals surface area contributed by atoms with Crippen molar-refractivity contribution in [2.75, 3.05) is 0 Å².